The van der Waals surface area contributed by atoms with Gasteiger partial charge in [-0.2, -0.15) is 0 Å². The summed E-state index contributed by atoms with van der Waals surface area (Å²) in [6.45, 7) is 3.55. The smallest absolute Gasteiger partial charge is 0.129 e. The van der Waals surface area contributed by atoms with Crippen molar-refractivity contribution in [3.63, 3.8) is 0 Å². The summed E-state index contributed by atoms with van der Waals surface area (Å²) < 4.78 is 6.10. The first-order chi connectivity index (χ1) is 14.3. The molecule has 5 heteroatoms. The summed E-state index contributed by atoms with van der Waals surface area (Å²) in [6, 6.07) is 14.2. The number of pyridine rings is 2. The topological polar surface area (TPSA) is 38.2 Å². The Kier molecular flexibility index (Phi) is 5.04. The number of ether oxygens (including phenoxy) is 1. The van der Waals surface area contributed by atoms with E-state index in [1.165, 1.54) is 16.7 Å². The van der Waals surface area contributed by atoms with Gasteiger partial charge in [-0.25, -0.2) is 0 Å². The maximum absolute atomic E-state index is 6.25. The molecule has 146 valence electrons. The molecule has 29 heavy (non-hydrogen) atoms. The van der Waals surface area contributed by atoms with Gasteiger partial charge in [-0.1, -0.05) is 23.2 Å². The Hall–Kier alpha value is -2.69. The number of aromatic nitrogens is 2. The number of rotatable bonds is 2. The second-order valence-corrected chi connectivity index (χ2v) is 7.99. The quantitative estimate of drug-likeness (QED) is 0.595. The van der Waals surface area contributed by atoms with Crippen LogP contribution in [0, 0.1) is 0 Å². The van der Waals surface area contributed by atoms with Gasteiger partial charge in [-0.05, 0) is 54.8 Å². The second-order valence-electron chi connectivity index (χ2n) is 7.55. The van der Waals surface area contributed by atoms with Crippen molar-refractivity contribution in [3.8, 4) is 5.75 Å². The van der Waals surface area contributed by atoms with Crippen LogP contribution in [0.2, 0.25) is 5.02 Å². The summed E-state index contributed by atoms with van der Waals surface area (Å²) >= 11 is 6.25. The molecule has 2 aliphatic rings. The number of nitrogens with zero attached hydrogens (tertiary/aromatic N) is 3. The van der Waals surface area contributed by atoms with Gasteiger partial charge in [0.25, 0.3) is 0 Å². The maximum atomic E-state index is 6.25. The lowest BCUT2D eigenvalue weighted by atomic mass is 9.89. The van der Waals surface area contributed by atoms with Crippen molar-refractivity contribution < 1.29 is 4.74 Å². The van der Waals surface area contributed by atoms with E-state index >= 15 is 0 Å². The van der Waals surface area contributed by atoms with Crippen LogP contribution in [0.1, 0.15) is 35.2 Å². The van der Waals surface area contributed by atoms with Crippen LogP contribution >= 0.6 is 11.6 Å². The average molecular weight is 404 g/mol. The third-order valence-corrected chi connectivity index (χ3v) is 5.93. The largest absolute Gasteiger partial charge is 0.488 e. The van der Waals surface area contributed by atoms with Crippen molar-refractivity contribution >= 4 is 17.2 Å². The number of likely N-dealkylation sites (tertiary alicyclic amines) is 1. The van der Waals surface area contributed by atoms with Crippen molar-refractivity contribution in [1.82, 2.24) is 14.9 Å². The monoisotopic (exact) mass is 403 g/mol. The Balaban J connectivity index is 1.49. The Morgan fingerprint density at radius 3 is 2.66 bits per heavy atom. The minimum atomic E-state index is 0.515. The first-order valence-corrected chi connectivity index (χ1v) is 10.4. The van der Waals surface area contributed by atoms with E-state index in [2.05, 4.69) is 34.1 Å². The van der Waals surface area contributed by atoms with Gasteiger partial charge in [0.15, 0.2) is 0 Å². The molecule has 1 fully saturated rings. The Morgan fingerprint density at radius 2 is 1.83 bits per heavy atom. The molecule has 3 aromatic rings. The third-order valence-electron chi connectivity index (χ3n) is 5.69. The van der Waals surface area contributed by atoms with Crippen molar-refractivity contribution in [3.05, 3.63) is 94.0 Å². The number of benzene rings is 1. The molecule has 0 aliphatic carbocycles. The van der Waals surface area contributed by atoms with Gasteiger partial charge in [0.2, 0.25) is 0 Å². The van der Waals surface area contributed by atoms with Crippen LogP contribution in [-0.4, -0.2) is 28.0 Å². The SMILES string of the molecule is Clc1ccc2c(c1)OCc1cccnc1C2=C1CCN(Cc2ccncc2)CC1. The molecule has 0 amide bonds. The molecular weight excluding hydrogens is 382 g/mol. The highest BCUT2D eigenvalue weighted by Gasteiger charge is 2.25. The van der Waals surface area contributed by atoms with Gasteiger partial charge in [0.1, 0.15) is 12.4 Å². The lowest BCUT2D eigenvalue weighted by Gasteiger charge is -2.30. The molecule has 2 aromatic heterocycles. The molecule has 4 nitrogen and oxygen atoms in total. The minimum absolute atomic E-state index is 0.515. The Morgan fingerprint density at radius 1 is 1.00 bits per heavy atom. The van der Waals surface area contributed by atoms with Crippen LogP contribution in [0.25, 0.3) is 5.57 Å². The molecule has 0 spiro atoms. The summed E-state index contributed by atoms with van der Waals surface area (Å²) in [7, 11) is 0. The minimum Gasteiger partial charge on any atom is -0.488 e. The number of hydrogen-bond donors (Lipinski definition) is 0. The number of hydrogen-bond acceptors (Lipinski definition) is 4. The molecular formula is C24H22ClN3O. The fourth-order valence-electron chi connectivity index (χ4n) is 4.22. The van der Waals surface area contributed by atoms with E-state index in [0.29, 0.717) is 11.6 Å². The first kappa shape index (κ1) is 18.3. The highest BCUT2D eigenvalue weighted by Crippen LogP contribution is 2.41. The molecule has 5 rings (SSSR count). The van der Waals surface area contributed by atoms with Crippen LogP contribution in [-0.2, 0) is 13.2 Å². The van der Waals surface area contributed by atoms with Gasteiger partial charge in [0.05, 0.1) is 5.69 Å². The molecule has 1 aromatic carbocycles. The fourth-order valence-corrected chi connectivity index (χ4v) is 4.38. The molecule has 0 saturated carbocycles. The first-order valence-electron chi connectivity index (χ1n) is 9.98. The lowest BCUT2D eigenvalue weighted by molar-refractivity contribution is 0.248. The fraction of sp³-hybridized carbons (Fsp3) is 0.250. The second kappa shape index (κ2) is 7.97. The highest BCUT2D eigenvalue weighted by molar-refractivity contribution is 6.30. The number of piperidine rings is 1. The van der Waals surface area contributed by atoms with Crippen LogP contribution < -0.4 is 4.74 Å². The summed E-state index contributed by atoms with van der Waals surface area (Å²) in [5.41, 5.74) is 7.27. The zero-order chi connectivity index (χ0) is 19.6. The van der Waals surface area contributed by atoms with E-state index in [9.17, 15) is 0 Å². The van der Waals surface area contributed by atoms with Crippen molar-refractivity contribution in [2.45, 2.75) is 26.0 Å². The molecule has 0 atom stereocenters. The van der Waals surface area contributed by atoms with Crippen molar-refractivity contribution in [1.29, 1.82) is 0 Å². The Bertz CT molecular complexity index is 1050. The van der Waals surface area contributed by atoms with Crippen molar-refractivity contribution in [2.75, 3.05) is 13.1 Å². The third kappa shape index (κ3) is 3.78. The van der Waals surface area contributed by atoms with E-state index in [0.717, 1.165) is 55.0 Å². The van der Waals surface area contributed by atoms with Crippen LogP contribution in [0.5, 0.6) is 5.75 Å². The predicted octanol–water partition coefficient (Wildman–Crippen LogP) is 5.12. The number of fused-ring (bicyclic) bond motifs is 2. The van der Waals surface area contributed by atoms with Crippen molar-refractivity contribution in [2.24, 2.45) is 0 Å². The lowest BCUT2D eigenvalue weighted by Crippen LogP contribution is -2.30. The summed E-state index contributed by atoms with van der Waals surface area (Å²) in [5, 5.41) is 0.694. The molecule has 0 bridgehead atoms. The zero-order valence-electron chi connectivity index (χ0n) is 16.1. The number of halogens is 1. The summed E-state index contributed by atoms with van der Waals surface area (Å²) in [6.07, 6.45) is 7.65. The van der Waals surface area contributed by atoms with Crippen LogP contribution in [0.15, 0.2) is 66.6 Å². The van der Waals surface area contributed by atoms with E-state index < -0.39 is 0 Å². The average Bonchev–Trinajstić information content (AvgIpc) is 2.92. The van der Waals surface area contributed by atoms with Crippen LogP contribution in [0.4, 0.5) is 0 Å². The standard InChI is InChI=1S/C24H22ClN3O/c25-20-3-4-21-22(14-20)29-16-19-2-1-9-27-24(19)23(21)18-7-12-28(13-8-18)15-17-5-10-26-11-6-17/h1-6,9-11,14H,7-8,12-13,15-16H2. The van der Waals surface area contributed by atoms with Gasteiger partial charge in [-0.15, -0.1) is 0 Å². The molecule has 0 radical (unpaired) electrons. The molecule has 0 unspecified atom stereocenters. The molecule has 1 saturated heterocycles. The van der Waals surface area contributed by atoms with Crippen LogP contribution in [0.3, 0.4) is 0 Å². The predicted molar refractivity (Wildman–Crippen MR) is 115 cm³/mol. The van der Waals surface area contributed by atoms with Gasteiger partial charge < -0.3 is 4.74 Å². The van der Waals surface area contributed by atoms with Gasteiger partial charge in [-0.3, -0.25) is 14.9 Å². The molecule has 0 N–H and O–H groups in total. The van der Waals surface area contributed by atoms with E-state index in [1.807, 2.05) is 36.8 Å². The Labute approximate surface area is 175 Å². The van der Waals surface area contributed by atoms with Gasteiger partial charge in [0, 0.05) is 59.9 Å². The molecule has 2 aliphatic heterocycles. The summed E-state index contributed by atoms with van der Waals surface area (Å²) in [4.78, 5) is 11.4. The normalized spacial score (nSPS) is 16.6. The maximum Gasteiger partial charge on any atom is 0.129 e. The van der Waals surface area contributed by atoms with E-state index in [4.69, 9.17) is 21.3 Å². The zero-order valence-corrected chi connectivity index (χ0v) is 16.9. The molecule has 4 heterocycles. The van der Waals surface area contributed by atoms with E-state index in [-0.39, 0.29) is 0 Å². The van der Waals surface area contributed by atoms with E-state index in [1.54, 1.807) is 0 Å². The van der Waals surface area contributed by atoms with Gasteiger partial charge >= 0.3 is 0 Å². The summed E-state index contributed by atoms with van der Waals surface area (Å²) in [5.74, 6) is 0.845. The highest BCUT2D eigenvalue weighted by atomic mass is 35.5.